The van der Waals surface area contributed by atoms with Gasteiger partial charge in [-0.25, -0.2) is 14.8 Å². The first-order valence-electron chi connectivity index (χ1n) is 9.19. The van der Waals surface area contributed by atoms with E-state index in [1.165, 1.54) is 13.3 Å². The zero-order valence-corrected chi connectivity index (χ0v) is 15.1. The fourth-order valence-electron chi connectivity index (χ4n) is 3.57. The lowest BCUT2D eigenvalue weighted by Gasteiger charge is -2.37. The van der Waals surface area contributed by atoms with Crippen LogP contribution in [0.1, 0.15) is 55.1 Å². The Labute approximate surface area is 148 Å². The number of Topliss-reactive ketones (excluding diaryl/α,β-unsaturated/α-hetero) is 1. The molecule has 0 aromatic carbocycles. The number of amides is 2. The van der Waals surface area contributed by atoms with Gasteiger partial charge in [-0.3, -0.25) is 4.79 Å². The molecule has 1 N–H and O–H groups in total. The van der Waals surface area contributed by atoms with Crippen molar-refractivity contribution in [2.45, 2.75) is 52.0 Å². The number of aromatic nitrogens is 2. The van der Waals surface area contributed by atoms with Crippen molar-refractivity contribution in [1.29, 1.82) is 0 Å². The number of likely N-dealkylation sites (tertiary alicyclic amines) is 2. The molecule has 2 fully saturated rings. The topological polar surface area (TPSA) is 78.4 Å². The first kappa shape index (κ1) is 17.6. The van der Waals surface area contributed by atoms with Gasteiger partial charge in [0.15, 0.2) is 5.78 Å². The monoisotopic (exact) mass is 345 g/mol. The van der Waals surface area contributed by atoms with Crippen LogP contribution in [0.2, 0.25) is 0 Å². The predicted molar refractivity (Wildman–Crippen MR) is 95.8 cm³/mol. The Bertz CT molecular complexity index is 634. The number of rotatable bonds is 3. The number of carbonyl (C=O) groups excluding carboxylic acids is 2. The maximum atomic E-state index is 12.5. The van der Waals surface area contributed by atoms with E-state index in [1.807, 2.05) is 16.7 Å². The van der Waals surface area contributed by atoms with Gasteiger partial charge in [-0.15, -0.1) is 0 Å². The number of hydrogen-bond acceptors (Lipinski definition) is 5. The zero-order valence-electron chi connectivity index (χ0n) is 15.1. The fourth-order valence-corrected chi connectivity index (χ4v) is 3.57. The van der Waals surface area contributed by atoms with Gasteiger partial charge in [0, 0.05) is 38.4 Å². The number of piperidine rings is 2. The molecule has 0 saturated carbocycles. The SMILES string of the molecule is CC(=O)c1cnc(NC2CCN(C(=O)N3CCCCC3)CC2)nc1C. The highest BCUT2D eigenvalue weighted by Crippen LogP contribution is 2.18. The summed E-state index contributed by atoms with van der Waals surface area (Å²) in [5, 5.41) is 3.34. The van der Waals surface area contributed by atoms with E-state index in [4.69, 9.17) is 0 Å². The minimum Gasteiger partial charge on any atom is -0.351 e. The molecular formula is C18H27N5O2. The van der Waals surface area contributed by atoms with Crippen LogP contribution in [0.3, 0.4) is 0 Å². The molecule has 0 radical (unpaired) electrons. The highest BCUT2D eigenvalue weighted by atomic mass is 16.2. The van der Waals surface area contributed by atoms with Crippen LogP contribution in [0.15, 0.2) is 6.20 Å². The number of carbonyl (C=O) groups is 2. The Morgan fingerprint density at radius 3 is 2.32 bits per heavy atom. The highest BCUT2D eigenvalue weighted by molar-refractivity contribution is 5.94. The number of aryl methyl sites for hydroxylation is 1. The van der Waals surface area contributed by atoms with Crippen LogP contribution < -0.4 is 5.32 Å². The number of anilines is 1. The molecule has 2 saturated heterocycles. The third-order valence-electron chi connectivity index (χ3n) is 5.08. The van der Waals surface area contributed by atoms with E-state index in [2.05, 4.69) is 15.3 Å². The van der Waals surface area contributed by atoms with E-state index < -0.39 is 0 Å². The fraction of sp³-hybridized carbons (Fsp3) is 0.667. The van der Waals surface area contributed by atoms with Crippen LogP contribution in [0.5, 0.6) is 0 Å². The van der Waals surface area contributed by atoms with Crippen LogP contribution in [0, 0.1) is 6.92 Å². The summed E-state index contributed by atoms with van der Waals surface area (Å²) in [6.07, 6.45) is 6.83. The molecule has 1 aromatic rings. The normalized spacial score (nSPS) is 19.0. The molecule has 0 atom stereocenters. The van der Waals surface area contributed by atoms with Crippen LogP contribution in [0.4, 0.5) is 10.7 Å². The van der Waals surface area contributed by atoms with Gasteiger partial charge in [-0.1, -0.05) is 0 Å². The summed E-state index contributed by atoms with van der Waals surface area (Å²) in [5.41, 5.74) is 1.26. The van der Waals surface area contributed by atoms with E-state index in [9.17, 15) is 9.59 Å². The summed E-state index contributed by atoms with van der Waals surface area (Å²) >= 11 is 0. The molecular weight excluding hydrogens is 318 g/mol. The van der Waals surface area contributed by atoms with Crippen molar-refractivity contribution in [3.8, 4) is 0 Å². The van der Waals surface area contributed by atoms with E-state index in [1.54, 1.807) is 6.20 Å². The van der Waals surface area contributed by atoms with Crippen molar-refractivity contribution >= 4 is 17.8 Å². The Balaban J connectivity index is 1.51. The molecule has 1 aromatic heterocycles. The van der Waals surface area contributed by atoms with E-state index in [0.29, 0.717) is 17.2 Å². The second kappa shape index (κ2) is 7.80. The maximum Gasteiger partial charge on any atom is 0.319 e. The molecule has 2 amide bonds. The Morgan fingerprint density at radius 2 is 1.72 bits per heavy atom. The van der Waals surface area contributed by atoms with Gasteiger partial charge in [0.2, 0.25) is 5.95 Å². The number of urea groups is 1. The van der Waals surface area contributed by atoms with E-state index >= 15 is 0 Å². The minimum absolute atomic E-state index is 0.0198. The van der Waals surface area contributed by atoms with E-state index in [0.717, 1.165) is 51.9 Å². The Hall–Kier alpha value is -2.18. The maximum absolute atomic E-state index is 12.5. The lowest BCUT2D eigenvalue weighted by molar-refractivity contribution is 0.101. The molecule has 0 spiro atoms. The molecule has 2 aliphatic rings. The zero-order chi connectivity index (χ0) is 17.8. The molecule has 136 valence electrons. The molecule has 3 heterocycles. The summed E-state index contributed by atoms with van der Waals surface area (Å²) in [5.74, 6) is 0.539. The summed E-state index contributed by atoms with van der Waals surface area (Å²) in [6, 6.07) is 0.448. The summed E-state index contributed by atoms with van der Waals surface area (Å²) < 4.78 is 0. The minimum atomic E-state index is -0.0198. The molecule has 0 unspecified atom stereocenters. The smallest absolute Gasteiger partial charge is 0.319 e. The number of hydrogen-bond donors (Lipinski definition) is 1. The van der Waals surface area contributed by atoms with Gasteiger partial charge in [0.05, 0.1) is 11.3 Å². The standard InChI is InChI=1S/C18H27N5O2/c1-13-16(14(2)24)12-19-17(20-13)21-15-6-10-23(11-7-15)18(25)22-8-4-3-5-9-22/h12,15H,3-11H2,1-2H3,(H,19,20,21). The average Bonchev–Trinajstić information content (AvgIpc) is 2.62. The van der Waals surface area contributed by atoms with Crippen molar-refractivity contribution < 1.29 is 9.59 Å². The second-order valence-corrected chi connectivity index (χ2v) is 6.98. The van der Waals surface area contributed by atoms with Gasteiger partial charge in [-0.05, 0) is 46.0 Å². The first-order valence-corrected chi connectivity index (χ1v) is 9.19. The average molecular weight is 345 g/mol. The summed E-state index contributed by atoms with van der Waals surface area (Å²) in [4.78, 5) is 36.6. The number of ketones is 1. The van der Waals surface area contributed by atoms with Crippen molar-refractivity contribution in [1.82, 2.24) is 19.8 Å². The van der Waals surface area contributed by atoms with Gasteiger partial charge < -0.3 is 15.1 Å². The van der Waals surface area contributed by atoms with Crippen LogP contribution in [0.25, 0.3) is 0 Å². The highest BCUT2D eigenvalue weighted by Gasteiger charge is 2.27. The van der Waals surface area contributed by atoms with Gasteiger partial charge >= 0.3 is 6.03 Å². The summed E-state index contributed by atoms with van der Waals surface area (Å²) in [6.45, 7) is 6.66. The Morgan fingerprint density at radius 1 is 1.08 bits per heavy atom. The molecule has 0 bridgehead atoms. The largest absolute Gasteiger partial charge is 0.351 e. The van der Waals surface area contributed by atoms with Crippen LogP contribution >= 0.6 is 0 Å². The molecule has 7 heteroatoms. The van der Waals surface area contributed by atoms with Gasteiger partial charge in [-0.2, -0.15) is 0 Å². The molecule has 0 aliphatic carbocycles. The third kappa shape index (κ3) is 4.27. The predicted octanol–water partition coefficient (Wildman–Crippen LogP) is 2.47. The van der Waals surface area contributed by atoms with E-state index in [-0.39, 0.29) is 17.9 Å². The van der Waals surface area contributed by atoms with Crippen LogP contribution in [-0.2, 0) is 0 Å². The third-order valence-corrected chi connectivity index (χ3v) is 5.08. The van der Waals surface area contributed by atoms with Crippen molar-refractivity contribution in [2.75, 3.05) is 31.5 Å². The Kier molecular flexibility index (Phi) is 5.50. The van der Waals surface area contributed by atoms with Crippen molar-refractivity contribution in [3.63, 3.8) is 0 Å². The first-order chi connectivity index (χ1) is 12.0. The molecule has 25 heavy (non-hydrogen) atoms. The molecule has 2 aliphatic heterocycles. The quantitative estimate of drug-likeness (QED) is 0.852. The molecule has 3 rings (SSSR count). The molecule has 7 nitrogen and oxygen atoms in total. The number of nitrogens with zero attached hydrogens (tertiary/aromatic N) is 4. The van der Waals surface area contributed by atoms with Crippen LogP contribution in [-0.4, -0.2) is 63.8 Å². The summed E-state index contributed by atoms with van der Waals surface area (Å²) in [7, 11) is 0. The lowest BCUT2D eigenvalue weighted by Crippen LogP contribution is -2.49. The van der Waals surface area contributed by atoms with Gasteiger partial charge in [0.25, 0.3) is 0 Å². The lowest BCUT2D eigenvalue weighted by atomic mass is 10.1. The number of nitrogens with one attached hydrogen (secondary N) is 1. The van der Waals surface area contributed by atoms with Crippen molar-refractivity contribution in [3.05, 3.63) is 17.5 Å². The van der Waals surface area contributed by atoms with Crippen molar-refractivity contribution in [2.24, 2.45) is 0 Å². The second-order valence-electron chi connectivity index (χ2n) is 6.98. The van der Waals surface area contributed by atoms with Gasteiger partial charge in [0.1, 0.15) is 0 Å².